The van der Waals surface area contributed by atoms with Gasteiger partial charge in [0.05, 0.1) is 38.1 Å². The van der Waals surface area contributed by atoms with Gasteiger partial charge in [-0.25, -0.2) is 14.5 Å². The minimum atomic E-state index is -0.0560. The zero-order valence-electron chi connectivity index (χ0n) is 15.9. The van der Waals surface area contributed by atoms with Crippen LogP contribution in [0.25, 0.3) is 15.9 Å². The fourth-order valence-electron chi connectivity index (χ4n) is 4.36. The van der Waals surface area contributed by atoms with Crippen molar-refractivity contribution in [1.82, 2.24) is 24.5 Å². The van der Waals surface area contributed by atoms with Gasteiger partial charge in [0.25, 0.3) is 5.91 Å². The van der Waals surface area contributed by atoms with Crippen LogP contribution in [0.15, 0.2) is 6.33 Å². The lowest BCUT2D eigenvalue weighted by Gasteiger charge is -2.30. The number of thiophene rings is 1. The second kappa shape index (κ2) is 6.53. The highest BCUT2D eigenvalue weighted by atomic mass is 32.1. The molecule has 7 nitrogen and oxygen atoms in total. The Labute approximate surface area is 162 Å². The molecule has 1 atom stereocenters. The fourth-order valence-corrected chi connectivity index (χ4v) is 5.54. The molecule has 5 rings (SSSR count). The monoisotopic (exact) mass is 385 g/mol. The molecule has 2 aliphatic rings. The molecule has 8 heteroatoms. The predicted octanol–water partition coefficient (Wildman–Crippen LogP) is 0.824. The lowest BCUT2D eigenvalue weighted by Crippen LogP contribution is -3.14. The molecule has 1 amide bonds. The second-order valence-corrected chi connectivity index (χ2v) is 8.96. The largest absolute Gasteiger partial charge is 0.332 e. The maximum absolute atomic E-state index is 12.9. The van der Waals surface area contributed by atoms with E-state index in [-0.39, 0.29) is 5.91 Å². The summed E-state index contributed by atoms with van der Waals surface area (Å²) in [5.74, 6) is 0.921. The average molecular weight is 386 g/mol. The number of nitrogens with zero attached hydrogens (tertiary/aromatic N) is 5. The molecule has 3 aromatic rings. The number of carbonyl (C=O) groups excluding carboxylic acids is 1. The fraction of sp³-hybridized carbons (Fsp3) is 0.579. The number of likely N-dealkylation sites (N-methyl/N-ethyl adjacent to an activating group) is 1. The number of rotatable bonds is 2. The van der Waals surface area contributed by atoms with E-state index in [0.717, 1.165) is 61.4 Å². The van der Waals surface area contributed by atoms with Crippen LogP contribution in [-0.2, 0) is 12.8 Å². The van der Waals surface area contributed by atoms with E-state index in [1.165, 1.54) is 16.9 Å². The van der Waals surface area contributed by atoms with E-state index >= 15 is 0 Å². The summed E-state index contributed by atoms with van der Waals surface area (Å²) in [7, 11) is 0. The minimum absolute atomic E-state index is 0.0560. The van der Waals surface area contributed by atoms with Gasteiger partial charge < -0.3 is 9.80 Å². The zero-order chi connectivity index (χ0) is 18.5. The number of aromatic nitrogens is 4. The summed E-state index contributed by atoms with van der Waals surface area (Å²) in [6, 6.07) is 0. The molecule has 142 valence electrons. The van der Waals surface area contributed by atoms with Crippen LogP contribution < -0.4 is 4.90 Å². The number of hydrogen-bond acceptors (Lipinski definition) is 5. The number of nitrogens with one attached hydrogen (secondary N) is 1. The van der Waals surface area contributed by atoms with Crippen molar-refractivity contribution in [3.8, 4) is 0 Å². The molecule has 1 N–H and O–H groups in total. The van der Waals surface area contributed by atoms with E-state index in [0.29, 0.717) is 11.7 Å². The highest BCUT2D eigenvalue weighted by Gasteiger charge is 2.28. The summed E-state index contributed by atoms with van der Waals surface area (Å²) in [4.78, 5) is 28.1. The van der Waals surface area contributed by atoms with Gasteiger partial charge in [0, 0.05) is 4.88 Å². The molecule has 3 aromatic heterocycles. The van der Waals surface area contributed by atoms with Crippen molar-refractivity contribution in [1.29, 1.82) is 0 Å². The van der Waals surface area contributed by atoms with E-state index in [9.17, 15) is 4.79 Å². The standard InChI is InChI=1S/C19H24N6OS/c1-3-23-6-8-24(9-7-23)19(26)16-21-17-15-13-10-12(2)4-5-14(13)27-18(15)20-11-25(17)22-16/h11-12H,3-10H2,1-2H3/p+1/t12-/m0/s1. The molecule has 1 aliphatic carbocycles. The van der Waals surface area contributed by atoms with E-state index in [1.807, 2.05) is 4.90 Å². The van der Waals surface area contributed by atoms with Crippen LogP contribution in [0.2, 0.25) is 0 Å². The summed E-state index contributed by atoms with van der Waals surface area (Å²) < 4.78 is 1.69. The molecule has 1 saturated heterocycles. The molecule has 27 heavy (non-hydrogen) atoms. The van der Waals surface area contributed by atoms with E-state index in [1.54, 1.807) is 27.1 Å². The average Bonchev–Trinajstić information content (AvgIpc) is 3.28. The molecule has 0 saturated carbocycles. The maximum atomic E-state index is 12.9. The summed E-state index contributed by atoms with van der Waals surface area (Å²) in [6.07, 6.45) is 5.12. The van der Waals surface area contributed by atoms with Crippen molar-refractivity contribution in [3.05, 3.63) is 22.6 Å². The van der Waals surface area contributed by atoms with Crippen molar-refractivity contribution in [2.45, 2.75) is 33.1 Å². The Morgan fingerprint density at radius 1 is 1.37 bits per heavy atom. The highest BCUT2D eigenvalue weighted by Crippen LogP contribution is 2.38. The Morgan fingerprint density at radius 3 is 2.96 bits per heavy atom. The number of fused-ring (bicyclic) bond motifs is 5. The summed E-state index contributed by atoms with van der Waals surface area (Å²) >= 11 is 1.77. The summed E-state index contributed by atoms with van der Waals surface area (Å²) in [6.45, 7) is 9.15. The van der Waals surface area contributed by atoms with Crippen LogP contribution in [0.1, 0.15) is 41.3 Å². The van der Waals surface area contributed by atoms with Gasteiger partial charge in [-0.3, -0.25) is 4.79 Å². The number of amides is 1. The number of piperazine rings is 1. The van der Waals surface area contributed by atoms with Gasteiger partial charge in [-0.15, -0.1) is 16.4 Å². The van der Waals surface area contributed by atoms with Gasteiger partial charge in [0.15, 0.2) is 5.65 Å². The molecule has 0 radical (unpaired) electrons. The first-order chi connectivity index (χ1) is 13.1. The SMILES string of the molecule is CC[NH+]1CCN(C(=O)c2nc3c4c5c(sc4ncn3n2)CC[C@H](C)C5)CC1. The number of aryl methyl sites for hydroxylation is 1. The smallest absolute Gasteiger partial charge is 0.293 e. The van der Waals surface area contributed by atoms with Gasteiger partial charge in [-0.1, -0.05) is 6.92 Å². The molecule has 0 bridgehead atoms. The van der Waals surface area contributed by atoms with Crippen LogP contribution in [0.3, 0.4) is 0 Å². The minimum Gasteiger partial charge on any atom is -0.332 e. The third-order valence-electron chi connectivity index (χ3n) is 6.08. The van der Waals surface area contributed by atoms with E-state index in [2.05, 4.69) is 28.9 Å². The topological polar surface area (TPSA) is 67.8 Å². The second-order valence-electron chi connectivity index (χ2n) is 7.88. The van der Waals surface area contributed by atoms with E-state index in [4.69, 9.17) is 0 Å². The third-order valence-corrected chi connectivity index (χ3v) is 7.28. The summed E-state index contributed by atoms with van der Waals surface area (Å²) in [5.41, 5.74) is 2.16. The zero-order valence-corrected chi connectivity index (χ0v) is 16.7. The van der Waals surface area contributed by atoms with Crippen molar-refractivity contribution in [2.24, 2.45) is 5.92 Å². The predicted molar refractivity (Wildman–Crippen MR) is 104 cm³/mol. The Hall–Kier alpha value is -2.06. The van der Waals surface area contributed by atoms with Crippen molar-refractivity contribution < 1.29 is 9.69 Å². The summed E-state index contributed by atoms with van der Waals surface area (Å²) in [5, 5.41) is 5.58. The van der Waals surface area contributed by atoms with Gasteiger partial charge in [0.2, 0.25) is 5.82 Å². The van der Waals surface area contributed by atoms with Crippen LogP contribution in [-0.4, -0.2) is 63.1 Å². The van der Waals surface area contributed by atoms with Crippen molar-refractivity contribution in [2.75, 3.05) is 32.7 Å². The van der Waals surface area contributed by atoms with Crippen molar-refractivity contribution >= 4 is 33.1 Å². The Morgan fingerprint density at radius 2 is 2.19 bits per heavy atom. The third kappa shape index (κ3) is 2.82. The first-order valence-electron chi connectivity index (χ1n) is 9.92. The number of quaternary nitrogens is 1. The van der Waals surface area contributed by atoms with Gasteiger partial charge >= 0.3 is 0 Å². The quantitative estimate of drug-likeness (QED) is 0.709. The number of hydrogen-bond donors (Lipinski definition) is 1. The van der Waals surface area contributed by atoms with Crippen molar-refractivity contribution in [3.63, 3.8) is 0 Å². The lowest BCUT2D eigenvalue weighted by molar-refractivity contribution is -0.902. The Kier molecular flexibility index (Phi) is 4.12. The Bertz CT molecular complexity index is 1020. The lowest BCUT2D eigenvalue weighted by atomic mass is 9.89. The first kappa shape index (κ1) is 17.1. The molecular weight excluding hydrogens is 360 g/mol. The molecule has 0 spiro atoms. The highest BCUT2D eigenvalue weighted by molar-refractivity contribution is 7.19. The normalized spacial score (nSPS) is 21.1. The van der Waals surface area contributed by atoms with Crippen LogP contribution in [0.5, 0.6) is 0 Å². The van der Waals surface area contributed by atoms with Gasteiger partial charge in [-0.05, 0) is 37.7 Å². The number of carbonyl (C=O) groups is 1. The molecule has 0 unspecified atom stereocenters. The van der Waals surface area contributed by atoms with Crippen LogP contribution >= 0.6 is 11.3 Å². The first-order valence-corrected chi connectivity index (χ1v) is 10.7. The van der Waals surface area contributed by atoms with Gasteiger partial charge in [0.1, 0.15) is 11.2 Å². The molecule has 1 aliphatic heterocycles. The molecule has 1 fully saturated rings. The molecule has 4 heterocycles. The molecule has 0 aromatic carbocycles. The molecular formula is C19H25N6OS+. The van der Waals surface area contributed by atoms with Crippen LogP contribution in [0, 0.1) is 5.92 Å². The van der Waals surface area contributed by atoms with E-state index < -0.39 is 0 Å². The van der Waals surface area contributed by atoms with Crippen LogP contribution in [0.4, 0.5) is 0 Å². The Balaban J connectivity index is 1.53. The maximum Gasteiger partial charge on any atom is 0.293 e. The van der Waals surface area contributed by atoms with Gasteiger partial charge in [-0.2, -0.15) is 0 Å².